The van der Waals surface area contributed by atoms with Crippen molar-refractivity contribution >= 4 is 40.3 Å². The summed E-state index contributed by atoms with van der Waals surface area (Å²) in [5, 5.41) is 5.20. The Morgan fingerprint density at radius 2 is 1.79 bits per heavy atom. The van der Waals surface area contributed by atoms with Gasteiger partial charge in [-0.25, -0.2) is 9.78 Å². The quantitative estimate of drug-likeness (QED) is 0.593. The minimum Gasteiger partial charge on any atom is -0.493 e. The Bertz CT molecular complexity index is 1040. The average Bonchev–Trinajstić information content (AvgIpc) is 2.74. The monoisotopic (exact) mass is 416 g/mol. The number of amides is 3. The third kappa shape index (κ3) is 4.82. The number of rotatable bonds is 6. The molecule has 1 aromatic carbocycles. The van der Waals surface area contributed by atoms with Crippen molar-refractivity contribution in [1.82, 2.24) is 15.3 Å². The topological polar surface area (TPSA) is 112 Å². The van der Waals surface area contributed by atoms with E-state index in [-0.39, 0.29) is 11.7 Å². The highest BCUT2D eigenvalue weighted by atomic mass is 35.5. The number of ether oxygens (including phenoxy) is 3. The number of anilines is 1. The summed E-state index contributed by atoms with van der Waals surface area (Å²) in [6, 6.07) is 7.68. The van der Waals surface area contributed by atoms with Crippen molar-refractivity contribution in [2.75, 3.05) is 25.4 Å². The van der Waals surface area contributed by atoms with Crippen molar-refractivity contribution in [2.45, 2.75) is 0 Å². The zero-order chi connectivity index (χ0) is 20.8. The second kappa shape index (κ2) is 9.07. The van der Waals surface area contributed by atoms with E-state index in [0.717, 1.165) is 5.39 Å². The number of nitrogens with zero attached hydrogens (tertiary/aromatic N) is 2. The molecule has 0 aliphatic carbocycles. The Morgan fingerprint density at radius 1 is 1.03 bits per heavy atom. The Kier molecular flexibility index (Phi) is 6.30. The normalized spacial score (nSPS) is 10.3. The maximum Gasteiger partial charge on any atom is 0.327 e. The molecule has 29 heavy (non-hydrogen) atoms. The zero-order valence-corrected chi connectivity index (χ0v) is 16.3. The van der Waals surface area contributed by atoms with Crippen LogP contribution in [0.15, 0.2) is 42.7 Å². The summed E-state index contributed by atoms with van der Waals surface area (Å²) in [5.74, 6) is 1.41. The molecule has 2 aromatic heterocycles. The van der Waals surface area contributed by atoms with E-state index in [9.17, 15) is 9.59 Å². The summed E-state index contributed by atoms with van der Waals surface area (Å²) in [4.78, 5) is 31.1. The first-order valence-electron chi connectivity index (χ1n) is 8.35. The molecule has 0 aliphatic rings. The molecule has 0 radical (unpaired) electrons. The lowest BCUT2D eigenvalue weighted by Crippen LogP contribution is -2.35. The van der Waals surface area contributed by atoms with E-state index >= 15 is 0 Å². The number of nitrogens with one attached hydrogen (secondary N) is 2. The van der Waals surface area contributed by atoms with Crippen LogP contribution in [-0.2, 0) is 4.79 Å². The van der Waals surface area contributed by atoms with Crippen LogP contribution >= 0.6 is 11.6 Å². The van der Waals surface area contributed by atoms with Crippen molar-refractivity contribution in [3.8, 4) is 23.0 Å². The van der Waals surface area contributed by atoms with E-state index in [1.807, 2.05) is 0 Å². The van der Waals surface area contributed by atoms with E-state index in [1.165, 1.54) is 12.3 Å². The van der Waals surface area contributed by atoms with Crippen LogP contribution in [0.25, 0.3) is 10.9 Å². The molecule has 2 heterocycles. The Labute approximate surface area is 171 Å². The number of aromatic nitrogens is 2. The Morgan fingerprint density at radius 3 is 2.45 bits per heavy atom. The number of alkyl halides is 1. The number of hydrogen-bond donors (Lipinski definition) is 2. The van der Waals surface area contributed by atoms with Crippen LogP contribution in [0.5, 0.6) is 23.0 Å². The average molecular weight is 417 g/mol. The smallest absolute Gasteiger partial charge is 0.327 e. The van der Waals surface area contributed by atoms with Gasteiger partial charge in [0.25, 0.3) is 0 Å². The summed E-state index contributed by atoms with van der Waals surface area (Å²) in [7, 11) is 3.10. The van der Waals surface area contributed by atoms with Gasteiger partial charge in [0.2, 0.25) is 5.91 Å². The molecule has 9 nitrogen and oxygen atoms in total. The van der Waals surface area contributed by atoms with Crippen molar-refractivity contribution in [3.63, 3.8) is 0 Å². The van der Waals surface area contributed by atoms with E-state index in [0.29, 0.717) is 28.5 Å². The molecular formula is C19H17ClN4O5. The lowest BCUT2D eigenvalue weighted by atomic mass is 10.2. The zero-order valence-electron chi connectivity index (χ0n) is 15.6. The summed E-state index contributed by atoms with van der Waals surface area (Å²) in [6.45, 7) is 0. The van der Waals surface area contributed by atoms with Gasteiger partial charge in [-0.1, -0.05) is 0 Å². The van der Waals surface area contributed by atoms with Crippen molar-refractivity contribution < 1.29 is 23.8 Å². The van der Waals surface area contributed by atoms with Crippen LogP contribution in [0.1, 0.15) is 0 Å². The van der Waals surface area contributed by atoms with Gasteiger partial charge in [-0.2, -0.15) is 0 Å². The maximum atomic E-state index is 11.6. The number of fused-ring (bicyclic) bond motifs is 1. The van der Waals surface area contributed by atoms with E-state index < -0.39 is 11.9 Å². The van der Waals surface area contributed by atoms with Gasteiger partial charge in [-0.05, 0) is 24.3 Å². The minimum atomic E-state index is -0.724. The number of pyridine rings is 2. The van der Waals surface area contributed by atoms with Gasteiger partial charge in [0, 0.05) is 17.6 Å². The van der Waals surface area contributed by atoms with Crippen molar-refractivity contribution in [2.24, 2.45) is 0 Å². The van der Waals surface area contributed by atoms with Crippen molar-refractivity contribution in [1.29, 1.82) is 0 Å². The van der Waals surface area contributed by atoms with Crippen LogP contribution in [0.2, 0.25) is 0 Å². The number of urea groups is 1. The summed E-state index contributed by atoms with van der Waals surface area (Å²) in [5.41, 5.74) is 0.673. The predicted octanol–water partition coefficient (Wildman–Crippen LogP) is 3.33. The van der Waals surface area contributed by atoms with E-state index in [2.05, 4.69) is 20.6 Å². The highest BCUT2D eigenvalue weighted by Gasteiger charge is 2.12. The van der Waals surface area contributed by atoms with E-state index in [4.69, 9.17) is 25.8 Å². The van der Waals surface area contributed by atoms with Gasteiger partial charge in [-0.3, -0.25) is 20.4 Å². The summed E-state index contributed by atoms with van der Waals surface area (Å²) >= 11 is 5.33. The highest BCUT2D eigenvalue weighted by molar-refractivity contribution is 6.28. The fourth-order valence-corrected chi connectivity index (χ4v) is 2.55. The molecular weight excluding hydrogens is 400 g/mol. The molecule has 0 atom stereocenters. The van der Waals surface area contributed by atoms with Gasteiger partial charge >= 0.3 is 6.03 Å². The third-order valence-electron chi connectivity index (χ3n) is 3.79. The molecule has 10 heteroatoms. The van der Waals surface area contributed by atoms with Gasteiger partial charge in [0.15, 0.2) is 11.5 Å². The first-order chi connectivity index (χ1) is 14.0. The number of methoxy groups -OCH3 is 2. The lowest BCUT2D eigenvalue weighted by molar-refractivity contribution is -0.117. The molecule has 150 valence electrons. The molecule has 0 spiro atoms. The van der Waals surface area contributed by atoms with Crippen LogP contribution in [-0.4, -0.2) is 42.0 Å². The Balaban J connectivity index is 1.79. The fourth-order valence-electron chi connectivity index (χ4n) is 2.49. The molecule has 0 fully saturated rings. The summed E-state index contributed by atoms with van der Waals surface area (Å²) < 4.78 is 16.5. The molecule has 0 aliphatic heterocycles. The second-order valence-electron chi connectivity index (χ2n) is 5.65. The first kappa shape index (κ1) is 20.2. The second-order valence-corrected chi connectivity index (χ2v) is 5.92. The van der Waals surface area contributed by atoms with Crippen LogP contribution in [0.4, 0.5) is 10.6 Å². The van der Waals surface area contributed by atoms with Gasteiger partial charge in [-0.15, -0.1) is 11.6 Å². The van der Waals surface area contributed by atoms with Crippen LogP contribution in [0.3, 0.4) is 0 Å². The molecule has 0 unspecified atom stereocenters. The summed E-state index contributed by atoms with van der Waals surface area (Å²) in [6.07, 6.45) is 3.05. The Hall–Kier alpha value is -3.59. The number of halogens is 1. The predicted molar refractivity (Wildman–Crippen MR) is 107 cm³/mol. The number of carbonyl (C=O) groups is 2. The number of benzene rings is 1. The SMILES string of the molecule is COc1cc2nccc(Oc3ccc(NC(=O)NC(=O)CCl)nc3)c2cc1OC. The number of carbonyl (C=O) groups excluding carboxylic acids is 2. The highest BCUT2D eigenvalue weighted by Crippen LogP contribution is 2.36. The molecule has 3 aromatic rings. The first-order valence-corrected chi connectivity index (χ1v) is 8.89. The maximum absolute atomic E-state index is 11.6. The van der Waals surface area contributed by atoms with Crippen LogP contribution < -0.4 is 24.8 Å². The van der Waals surface area contributed by atoms with Gasteiger partial charge in [0.05, 0.1) is 25.9 Å². The molecule has 0 saturated carbocycles. The van der Waals surface area contributed by atoms with E-state index in [1.54, 1.807) is 44.7 Å². The minimum absolute atomic E-state index is 0.239. The third-order valence-corrected chi connectivity index (χ3v) is 4.03. The molecule has 3 rings (SSSR count). The van der Waals surface area contributed by atoms with Gasteiger partial charge in [0.1, 0.15) is 23.2 Å². The van der Waals surface area contributed by atoms with Crippen molar-refractivity contribution in [3.05, 3.63) is 42.7 Å². The lowest BCUT2D eigenvalue weighted by Gasteiger charge is -2.12. The number of imide groups is 1. The fraction of sp³-hybridized carbons (Fsp3) is 0.158. The molecule has 0 saturated heterocycles. The number of hydrogen-bond acceptors (Lipinski definition) is 7. The molecule has 0 bridgehead atoms. The largest absolute Gasteiger partial charge is 0.493 e. The van der Waals surface area contributed by atoms with Crippen LogP contribution in [0, 0.1) is 0 Å². The standard InChI is InChI=1S/C19H17ClN4O5/c1-27-15-7-12-13(8-16(15)28-2)21-6-5-14(12)29-11-3-4-17(22-10-11)23-19(26)24-18(25)9-20/h3-8,10H,9H2,1-2H3,(H2,22,23,24,25,26). The molecule has 2 N–H and O–H groups in total. The molecule has 3 amide bonds. The van der Waals surface area contributed by atoms with Gasteiger partial charge < -0.3 is 14.2 Å².